The van der Waals surface area contributed by atoms with Crippen molar-refractivity contribution < 1.29 is 19.0 Å². The lowest BCUT2D eigenvalue weighted by Crippen LogP contribution is -2.46. The molecule has 0 spiro atoms. The highest BCUT2D eigenvalue weighted by molar-refractivity contribution is 6.43. The summed E-state index contributed by atoms with van der Waals surface area (Å²) in [6.07, 6.45) is 3.55. The normalized spacial score (nSPS) is 16.2. The maximum atomic E-state index is 12.5. The van der Waals surface area contributed by atoms with Gasteiger partial charge in [0, 0.05) is 38.7 Å². The van der Waals surface area contributed by atoms with Gasteiger partial charge in [0.15, 0.2) is 5.90 Å². The van der Waals surface area contributed by atoms with Crippen molar-refractivity contribution in [3.05, 3.63) is 52.0 Å². The first-order chi connectivity index (χ1) is 19.5. The summed E-state index contributed by atoms with van der Waals surface area (Å²) in [6.45, 7) is 15.3. The van der Waals surface area contributed by atoms with Crippen LogP contribution in [0.2, 0.25) is 10.0 Å². The number of carbonyl (C=O) groups excluding carboxylic acids is 1. The zero-order valence-corrected chi connectivity index (χ0v) is 26.5. The first-order valence-electron chi connectivity index (χ1n) is 14.5. The summed E-state index contributed by atoms with van der Waals surface area (Å²) in [5, 5.41) is 1.24. The molecule has 0 amide bonds. The Morgan fingerprint density at radius 3 is 2.44 bits per heavy atom. The number of carbonyl (C=O) groups is 1. The van der Waals surface area contributed by atoms with Crippen molar-refractivity contribution in [2.24, 2.45) is 15.8 Å². The van der Waals surface area contributed by atoms with E-state index in [2.05, 4.69) is 20.9 Å². The van der Waals surface area contributed by atoms with Gasteiger partial charge in [0.2, 0.25) is 6.79 Å². The van der Waals surface area contributed by atoms with Gasteiger partial charge in [0.1, 0.15) is 5.75 Å². The van der Waals surface area contributed by atoms with Crippen LogP contribution in [0.4, 0.5) is 11.4 Å². The molecule has 0 aliphatic carbocycles. The lowest BCUT2D eigenvalue weighted by Gasteiger charge is -2.36. The number of aliphatic imine (C=N–C) groups is 1. The second-order valence-electron chi connectivity index (χ2n) is 12.3. The lowest BCUT2D eigenvalue weighted by molar-refractivity contribution is -0.167. The van der Waals surface area contributed by atoms with Crippen molar-refractivity contribution in [3.8, 4) is 5.75 Å². The number of halogens is 2. The summed E-state index contributed by atoms with van der Waals surface area (Å²) in [5.41, 5.74) is 2.19. The molecule has 2 aromatic carbocycles. The zero-order valence-electron chi connectivity index (χ0n) is 25.0. The van der Waals surface area contributed by atoms with Crippen molar-refractivity contribution in [2.75, 3.05) is 51.0 Å². The van der Waals surface area contributed by atoms with Crippen LogP contribution in [0.25, 0.3) is 0 Å². The van der Waals surface area contributed by atoms with Gasteiger partial charge in [0.25, 0.3) is 0 Å². The number of rotatable bonds is 10. The summed E-state index contributed by atoms with van der Waals surface area (Å²) < 4.78 is 17.2. The molecule has 2 aliphatic heterocycles. The van der Waals surface area contributed by atoms with E-state index in [0.717, 1.165) is 74.7 Å². The van der Waals surface area contributed by atoms with E-state index in [-0.39, 0.29) is 18.2 Å². The van der Waals surface area contributed by atoms with Gasteiger partial charge in [-0.25, -0.2) is 4.99 Å². The number of nitrogens with zero attached hydrogens (tertiary/aromatic N) is 3. The quantitative estimate of drug-likeness (QED) is 0.159. The van der Waals surface area contributed by atoms with Crippen LogP contribution >= 0.6 is 23.2 Å². The second kappa shape index (κ2) is 13.7. The molecule has 2 aromatic rings. The SMILES string of the molecule is CC(C)(C)C(C)(C)C(=O)OCOC1=Nc2cc(OCCCCN3CCN(c4cccc(Cl)c4Cl)CC3)ccc2CC1. The number of hydrogen-bond donors (Lipinski definition) is 0. The fourth-order valence-corrected chi connectivity index (χ4v) is 5.11. The fraction of sp³-hybridized carbons (Fsp3) is 0.562. The van der Waals surface area contributed by atoms with Crippen molar-refractivity contribution in [2.45, 2.75) is 60.3 Å². The average Bonchev–Trinajstić information content (AvgIpc) is 2.94. The van der Waals surface area contributed by atoms with E-state index >= 15 is 0 Å². The van der Waals surface area contributed by atoms with Gasteiger partial charge >= 0.3 is 5.97 Å². The number of esters is 1. The number of hydrogen-bond acceptors (Lipinski definition) is 7. The molecule has 1 saturated heterocycles. The highest BCUT2D eigenvalue weighted by Crippen LogP contribution is 2.39. The molecule has 0 saturated carbocycles. The van der Waals surface area contributed by atoms with E-state index in [1.165, 1.54) is 0 Å². The minimum atomic E-state index is -0.620. The third-order valence-electron chi connectivity index (χ3n) is 8.49. The van der Waals surface area contributed by atoms with Gasteiger partial charge in [-0.05, 0) is 68.8 Å². The number of ether oxygens (including phenoxy) is 3. The Balaban J connectivity index is 1.16. The number of fused-ring (bicyclic) bond motifs is 1. The fourth-order valence-electron chi connectivity index (χ4n) is 4.70. The zero-order chi connectivity index (χ0) is 29.6. The molecule has 0 bridgehead atoms. The predicted molar refractivity (Wildman–Crippen MR) is 167 cm³/mol. The average molecular weight is 605 g/mol. The number of benzene rings is 2. The molecular formula is C32H43Cl2N3O4. The number of piperazine rings is 1. The second-order valence-corrected chi connectivity index (χ2v) is 13.1. The third kappa shape index (κ3) is 8.08. The first-order valence-corrected chi connectivity index (χ1v) is 15.3. The summed E-state index contributed by atoms with van der Waals surface area (Å²) >= 11 is 12.6. The van der Waals surface area contributed by atoms with E-state index in [0.29, 0.717) is 29.0 Å². The number of unbranched alkanes of at least 4 members (excludes halogenated alkanes) is 1. The molecule has 224 valence electrons. The van der Waals surface area contributed by atoms with Crippen LogP contribution in [-0.2, 0) is 20.7 Å². The van der Waals surface area contributed by atoms with Crippen LogP contribution in [0.5, 0.6) is 5.75 Å². The largest absolute Gasteiger partial charge is 0.494 e. The van der Waals surface area contributed by atoms with Crippen LogP contribution in [0.3, 0.4) is 0 Å². The highest BCUT2D eigenvalue weighted by atomic mass is 35.5. The molecule has 0 aromatic heterocycles. The van der Waals surface area contributed by atoms with Gasteiger partial charge in [-0.2, -0.15) is 0 Å². The number of anilines is 1. The smallest absolute Gasteiger partial charge is 0.314 e. The lowest BCUT2D eigenvalue weighted by atomic mass is 9.69. The highest BCUT2D eigenvalue weighted by Gasteiger charge is 2.41. The Kier molecular flexibility index (Phi) is 10.5. The third-order valence-corrected chi connectivity index (χ3v) is 9.30. The van der Waals surface area contributed by atoms with Crippen molar-refractivity contribution in [1.29, 1.82) is 0 Å². The molecule has 0 radical (unpaired) electrons. The Bertz CT molecular complexity index is 1230. The summed E-state index contributed by atoms with van der Waals surface area (Å²) in [6, 6.07) is 11.9. The van der Waals surface area contributed by atoms with Crippen LogP contribution in [0, 0.1) is 10.8 Å². The number of aryl methyl sites for hydroxylation is 1. The van der Waals surface area contributed by atoms with Gasteiger partial charge in [-0.3, -0.25) is 9.69 Å². The molecule has 2 aliphatic rings. The van der Waals surface area contributed by atoms with Crippen LogP contribution in [0.1, 0.15) is 59.4 Å². The molecule has 41 heavy (non-hydrogen) atoms. The predicted octanol–water partition coefficient (Wildman–Crippen LogP) is 7.54. The maximum Gasteiger partial charge on any atom is 0.314 e. The molecule has 2 heterocycles. The van der Waals surface area contributed by atoms with E-state index in [1.54, 1.807) is 0 Å². The maximum absolute atomic E-state index is 12.5. The van der Waals surface area contributed by atoms with Crippen molar-refractivity contribution in [1.82, 2.24) is 4.90 Å². The summed E-state index contributed by atoms with van der Waals surface area (Å²) in [4.78, 5) is 22.0. The molecule has 4 rings (SSSR count). The Morgan fingerprint density at radius 2 is 1.71 bits per heavy atom. The topological polar surface area (TPSA) is 63.6 Å². The standard InChI is InChI=1S/C32H43Cl2N3O4/c1-31(2,3)32(4,5)30(38)41-22-40-28-14-12-23-11-13-24(21-26(23)35-28)39-20-7-6-15-36-16-18-37(19-17-36)27-10-8-9-25(33)29(27)34/h8-11,13,21H,6-7,12,14-20,22H2,1-5H3. The van der Waals surface area contributed by atoms with Gasteiger partial charge in [0.05, 0.1) is 33.4 Å². The van der Waals surface area contributed by atoms with E-state index < -0.39 is 5.41 Å². The molecule has 0 unspecified atom stereocenters. The van der Waals surface area contributed by atoms with Gasteiger partial charge in [-0.15, -0.1) is 0 Å². The van der Waals surface area contributed by atoms with Crippen LogP contribution in [-0.4, -0.2) is 62.9 Å². The van der Waals surface area contributed by atoms with E-state index in [9.17, 15) is 4.79 Å². The summed E-state index contributed by atoms with van der Waals surface area (Å²) in [5.74, 6) is 1.11. The monoisotopic (exact) mass is 603 g/mol. The minimum Gasteiger partial charge on any atom is -0.494 e. The molecule has 1 fully saturated rings. The first kappa shape index (κ1) is 31.5. The minimum absolute atomic E-state index is 0.133. The van der Waals surface area contributed by atoms with Crippen molar-refractivity contribution in [3.63, 3.8) is 0 Å². The molecule has 7 nitrogen and oxygen atoms in total. The van der Waals surface area contributed by atoms with E-state index in [1.807, 2.05) is 65.0 Å². The molecule has 0 atom stereocenters. The summed E-state index contributed by atoms with van der Waals surface area (Å²) in [7, 11) is 0. The van der Waals surface area contributed by atoms with Crippen LogP contribution < -0.4 is 9.64 Å². The van der Waals surface area contributed by atoms with Gasteiger partial charge in [-0.1, -0.05) is 56.1 Å². The van der Waals surface area contributed by atoms with Gasteiger partial charge < -0.3 is 19.1 Å². The molecule has 9 heteroatoms. The Hall–Kier alpha value is -2.48. The Morgan fingerprint density at radius 1 is 0.951 bits per heavy atom. The van der Waals surface area contributed by atoms with E-state index in [4.69, 9.17) is 37.4 Å². The van der Waals surface area contributed by atoms with Crippen molar-refractivity contribution >= 4 is 46.4 Å². The Labute approximate surface area is 254 Å². The molecular weight excluding hydrogens is 561 g/mol. The molecule has 0 N–H and O–H groups in total. The van der Waals surface area contributed by atoms with Crippen LogP contribution in [0.15, 0.2) is 41.4 Å².